The summed E-state index contributed by atoms with van der Waals surface area (Å²) in [6, 6.07) is 14.0. The zero-order valence-electron chi connectivity index (χ0n) is 31.1. The predicted octanol–water partition coefficient (Wildman–Crippen LogP) is 5.13. The summed E-state index contributed by atoms with van der Waals surface area (Å²) in [7, 11) is 1.84. The van der Waals surface area contributed by atoms with E-state index in [2.05, 4.69) is 35.6 Å². The van der Waals surface area contributed by atoms with Crippen LogP contribution in [0, 0.1) is 18.3 Å². The summed E-state index contributed by atoms with van der Waals surface area (Å²) in [5.41, 5.74) is 4.99. The number of nitrogens with one attached hydrogen (secondary N) is 3. The number of amides is 4. The van der Waals surface area contributed by atoms with Crippen LogP contribution < -0.4 is 20.3 Å². The third kappa shape index (κ3) is 7.02. The molecule has 3 aliphatic heterocycles. The fourth-order valence-electron chi connectivity index (χ4n) is 7.95. The number of carbonyl (C=O) groups excluding carboxylic acids is 4. The molecule has 2 aromatic carbocycles. The highest BCUT2D eigenvalue weighted by molar-refractivity contribution is 6.32. The summed E-state index contributed by atoms with van der Waals surface area (Å²) in [5.74, 6) is 0.0878. The number of halogens is 1. The van der Waals surface area contributed by atoms with Crippen molar-refractivity contribution in [2.24, 2.45) is 18.4 Å². The first-order valence-corrected chi connectivity index (χ1v) is 18.9. The number of ether oxygens (including phenoxy) is 1. The molecule has 3 aliphatic rings. The number of benzene rings is 2. The second-order valence-electron chi connectivity index (χ2n) is 15.3. The monoisotopic (exact) mass is 763 g/mol. The SMILES string of the molecule is Cc1nn(C)cc1-c1nc2ncc(Cl)c(Oc3ccc(C(=O)N[C@@H](C(=O)N4CCC5(C4)CN(c4ccc([C@@H]6CCC(=O)NC6=O)cc4)C5)C(C)C)cc3)c2[nH]1. The van der Waals surface area contributed by atoms with Crippen LogP contribution in [-0.4, -0.2) is 85.5 Å². The number of piperidine rings is 1. The van der Waals surface area contributed by atoms with Gasteiger partial charge in [-0.2, -0.15) is 5.10 Å². The van der Waals surface area contributed by atoms with E-state index < -0.39 is 6.04 Å². The van der Waals surface area contributed by atoms with Gasteiger partial charge in [-0.15, -0.1) is 0 Å². The number of hydrogen-bond acceptors (Lipinski definition) is 9. The Morgan fingerprint density at radius 3 is 2.47 bits per heavy atom. The second kappa shape index (κ2) is 14.1. The molecule has 0 aliphatic carbocycles. The first-order valence-electron chi connectivity index (χ1n) is 18.5. The fourth-order valence-corrected chi connectivity index (χ4v) is 8.14. The Bertz CT molecular complexity index is 2310. The molecule has 0 bridgehead atoms. The van der Waals surface area contributed by atoms with Crippen molar-refractivity contribution in [1.29, 1.82) is 0 Å². The number of aryl methyl sites for hydroxylation is 2. The van der Waals surface area contributed by atoms with E-state index in [9.17, 15) is 19.2 Å². The Labute approximate surface area is 322 Å². The first-order chi connectivity index (χ1) is 26.4. The van der Waals surface area contributed by atoms with Gasteiger partial charge < -0.3 is 24.8 Å². The van der Waals surface area contributed by atoms with Crippen LogP contribution in [0.3, 0.4) is 0 Å². The van der Waals surface area contributed by atoms with Crippen LogP contribution in [0.1, 0.15) is 60.6 Å². The zero-order valence-corrected chi connectivity index (χ0v) is 31.8. The largest absolute Gasteiger partial charge is 0.453 e. The molecule has 1 spiro atoms. The zero-order chi connectivity index (χ0) is 38.6. The Morgan fingerprint density at radius 1 is 1.05 bits per heavy atom. The van der Waals surface area contributed by atoms with Crippen molar-refractivity contribution in [2.75, 3.05) is 31.1 Å². The molecule has 5 aromatic rings. The van der Waals surface area contributed by atoms with E-state index in [0.717, 1.165) is 42.0 Å². The van der Waals surface area contributed by atoms with Crippen molar-refractivity contribution in [3.63, 3.8) is 0 Å². The number of imidazole rings is 1. The highest BCUT2D eigenvalue weighted by Crippen LogP contribution is 2.43. The van der Waals surface area contributed by atoms with E-state index in [4.69, 9.17) is 16.3 Å². The third-order valence-electron chi connectivity index (χ3n) is 11.0. The molecule has 55 heavy (non-hydrogen) atoms. The molecule has 3 N–H and O–H groups in total. The summed E-state index contributed by atoms with van der Waals surface area (Å²) in [6.07, 6.45) is 5.12. The number of H-pyrrole nitrogens is 1. The number of carbonyl (C=O) groups is 4. The number of rotatable bonds is 9. The minimum atomic E-state index is -0.684. The third-order valence-corrected chi connectivity index (χ3v) is 11.2. The molecule has 6 heterocycles. The van der Waals surface area contributed by atoms with Gasteiger partial charge in [-0.1, -0.05) is 37.6 Å². The molecular weight excluding hydrogens is 722 g/mol. The van der Waals surface area contributed by atoms with Gasteiger partial charge in [0.2, 0.25) is 17.7 Å². The Hall–Kier alpha value is -5.76. The molecule has 3 aromatic heterocycles. The van der Waals surface area contributed by atoms with E-state index in [-0.39, 0.29) is 40.9 Å². The minimum Gasteiger partial charge on any atom is -0.453 e. The van der Waals surface area contributed by atoms with E-state index in [0.29, 0.717) is 65.0 Å². The van der Waals surface area contributed by atoms with Crippen LogP contribution in [0.5, 0.6) is 11.5 Å². The predicted molar refractivity (Wildman–Crippen MR) is 206 cm³/mol. The first kappa shape index (κ1) is 36.2. The number of nitrogens with zero attached hydrogens (tertiary/aromatic N) is 6. The number of imide groups is 1. The molecule has 3 saturated heterocycles. The van der Waals surface area contributed by atoms with Crippen molar-refractivity contribution >= 4 is 52.1 Å². The average molecular weight is 764 g/mol. The van der Waals surface area contributed by atoms with Gasteiger partial charge in [0.15, 0.2) is 11.4 Å². The number of anilines is 1. The summed E-state index contributed by atoms with van der Waals surface area (Å²) in [6.45, 7) is 8.69. The van der Waals surface area contributed by atoms with E-state index in [1.807, 2.05) is 63.2 Å². The van der Waals surface area contributed by atoms with E-state index in [1.54, 1.807) is 28.9 Å². The van der Waals surface area contributed by atoms with E-state index >= 15 is 0 Å². The molecule has 15 heteroatoms. The maximum atomic E-state index is 13.9. The summed E-state index contributed by atoms with van der Waals surface area (Å²) >= 11 is 6.53. The van der Waals surface area contributed by atoms with Crippen molar-refractivity contribution in [3.05, 3.63) is 82.8 Å². The van der Waals surface area contributed by atoms with Gasteiger partial charge >= 0.3 is 0 Å². The molecule has 4 amide bonds. The van der Waals surface area contributed by atoms with Gasteiger partial charge in [0.1, 0.15) is 28.2 Å². The summed E-state index contributed by atoms with van der Waals surface area (Å²) < 4.78 is 7.91. The highest BCUT2D eigenvalue weighted by Gasteiger charge is 2.49. The van der Waals surface area contributed by atoms with Crippen LogP contribution in [-0.2, 0) is 21.4 Å². The number of aromatic nitrogens is 5. The maximum absolute atomic E-state index is 13.9. The average Bonchev–Trinajstić information content (AvgIpc) is 3.88. The van der Waals surface area contributed by atoms with Crippen LogP contribution in [0.4, 0.5) is 5.69 Å². The molecule has 284 valence electrons. The van der Waals surface area contributed by atoms with Gasteiger partial charge in [0.25, 0.3) is 5.91 Å². The quantitative estimate of drug-likeness (QED) is 0.173. The summed E-state index contributed by atoms with van der Waals surface area (Å²) in [4.78, 5) is 67.6. The standard InChI is InChI=1S/C40H42ClN9O5/c1-22(2)32(39(54)49-16-15-40(19-49)20-50(21-40)26-9-5-24(6-10-26)28-13-14-31(51)43-38(28)53)45-37(52)25-7-11-27(12-8-25)55-34-30(41)17-42-36-33(34)44-35(46-36)29-18-48(4)47-23(29)3/h5-12,17-18,22,28,32H,13-16,19-21H2,1-4H3,(H,45,52)(H,42,44,46)(H,43,51,53)/t28-,32+/m0/s1. The van der Waals surface area contributed by atoms with Gasteiger partial charge in [-0.05, 0) is 67.6 Å². The van der Waals surface area contributed by atoms with Gasteiger partial charge in [-0.3, -0.25) is 29.2 Å². The number of aromatic amines is 1. The lowest BCUT2D eigenvalue weighted by atomic mass is 9.78. The van der Waals surface area contributed by atoms with Crippen molar-refractivity contribution < 1.29 is 23.9 Å². The van der Waals surface area contributed by atoms with Gasteiger partial charge in [0.05, 0.1) is 23.4 Å². The smallest absolute Gasteiger partial charge is 0.251 e. The van der Waals surface area contributed by atoms with Crippen molar-refractivity contribution in [1.82, 2.24) is 40.3 Å². The molecule has 3 fully saturated rings. The van der Waals surface area contributed by atoms with E-state index in [1.165, 1.54) is 6.20 Å². The Kier molecular flexibility index (Phi) is 9.32. The molecule has 14 nitrogen and oxygen atoms in total. The lowest BCUT2D eigenvalue weighted by Gasteiger charge is -2.49. The molecule has 8 rings (SSSR count). The topological polar surface area (TPSA) is 167 Å². The summed E-state index contributed by atoms with van der Waals surface area (Å²) in [5, 5.41) is 10.1. The Balaban J connectivity index is 0.878. The van der Waals surface area contributed by atoms with Crippen LogP contribution >= 0.6 is 11.6 Å². The fraction of sp³-hybridized carbons (Fsp3) is 0.375. The maximum Gasteiger partial charge on any atom is 0.251 e. The number of fused-ring (bicyclic) bond motifs is 1. The normalized spacial score (nSPS) is 18.5. The minimum absolute atomic E-state index is 0.00193. The molecule has 2 atom stereocenters. The highest BCUT2D eigenvalue weighted by atomic mass is 35.5. The number of pyridine rings is 1. The lowest BCUT2D eigenvalue weighted by molar-refractivity contribution is -0.135. The van der Waals surface area contributed by atoms with Gasteiger partial charge in [-0.25, -0.2) is 9.97 Å². The van der Waals surface area contributed by atoms with Gasteiger partial charge in [0, 0.05) is 62.5 Å². The molecular formula is C40H42ClN9O5. The molecule has 0 saturated carbocycles. The van der Waals surface area contributed by atoms with Crippen molar-refractivity contribution in [2.45, 2.75) is 52.0 Å². The van der Waals surface area contributed by atoms with Crippen LogP contribution in [0.25, 0.3) is 22.6 Å². The number of hydrogen-bond donors (Lipinski definition) is 3. The number of likely N-dealkylation sites (tertiary alicyclic amines) is 1. The second-order valence-corrected chi connectivity index (χ2v) is 15.7. The molecule has 0 unspecified atom stereocenters. The lowest BCUT2D eigenvalue weighted by Crippen LogP contribution is -2.59. The Morgan fingerprint density at radius 2 is 1.80 bits per heavy atom. The van der Waals surface area contributed by atoms with Crippen LogP contribution in [0.15, 0.2) is 60.9 Å². The van der Waals surface area contributed by atoms with Crippen LogP contribution in [0.2, 0.25) is 5.02 Å². The van der Waals surface area contributed by atoms with Crippen molar-refractivity contribution in [3.8, 4) is 22.9 Å². The molecule has 0 radical (unpaired) electrons.